The second kappa shape index (κ2) is 11.2. The van der Waals surface area contributed by atoms with E-state index in [0.717, 1.165) is 48.8 Å². The van der Waals surface area contributed by atoms with Crippen LogP contribution in [0.25, 0.3) is 11.0 Å². The first-order chi connectivity index (χ1) is 18.3. The summed E-state index contributed by atoms with van der Waals surface area (Å²) < 4.78 is 1.70. The van der Waals surface area contributed by atoms with Gasteiger partial charge in [-0.1, -0.05) is 26.0 Å². The molecular formula is C29H40N6O3. The quantitative estimate of drug-likeness (QED) is 0.382. The van der Waals surface area contributed by atoms with Crippen molar-refractivity contribution in [3.05, 3.63) is 46.5 Å². The van der Waals surface area contributed by atoms with Gasteiger partial charge in [-0.3, -0.25) is 19.3 Å². The molecule has 3 aromatic rings. The molecule has 204 valence electrons. The number of para-hydroxylation sites is 2. The Morgan fingerprint density at radius 3 is 2.74 bits per heavy atom. The SMILES string of the molecule is CC1(C)CCC(CC(=O)Nc2cc(C3CCCCN3C(=O)CCCn3c(=O)[nH]c4ccccc43)[nH]n2)CC1. The second-order valence-corrected chi connectivity index (χ2v) is 11.9. The normalized spacial score (nSPS) is 20.1. The van der Waals surface area contributed by atoms with E-state index in [-0.39, 0.29) is 23.5 Å². The van der Waals surface area contributed by atoms with Gasteiger partial charge in [0.15, 0.2) is 5.82 Å². The molecule has 1 aliphatic carbocycles. The van der Waals surface area contributed by atoms with Crippen LogP contribution in [-0.4, -0.2) is 43.0 Å². The third-order valence-electron chi connectivity index (χ3n) is 8.43. The van der Waals surface area contributed by atoms with Gasteiger partial charge in [0.25, 0.3) is 0 Å². The fourth-order valence-electron chi connectivity index (χ4n) is 6.10. The Bertz CT molecular complexity index is 1330. The molecule has 1 aromatic carbocycles. The third-order valence-corrected chi connectivity index (χ3v) is 8.43. The van der Waals surface area contributed by atoms with E-state index in [4.69, 9.17) is 0 Å². The molecule has 9 nitrogen and oxygen atoms in total. The topological polar surface area (TPSA) is 116 Å². The van der Waals surface area contributed by atoms with E-state index in [1.165, 1.54) is 12.8 Å². The van der Waals surface area contributed by atoms with Gasteiger partial charge in [-0.15, -0.1) is 0 Å². The van der Waals surface area contributed by atoms with Gasteiger partial charge in [-0.2, -0.15) is 5.10 Å². The van der Waals surface area contributed by atoms with Crippen molar-refractivity contribution in [2.45, 2.75) is 90.6 Å². The van der Waals surface area contributed by atoms with Crippen molar-refractivity contribution in [3.8, 4) is 0 Å². The number of nitrogens with one attached hydrogen (secondary N) is 3. The van der Waals surface area contributed by atoms with Crippen molar-refractivity contribution < 1.29 is 9.59 Å². The Labute approximate surface area is 223 Å². The van der Waals surface area contributed by atoms with Gasteiger partial charge in [0.2, 0.25) is 11.8 Å². The van der Waals surface area contributed by atoms with E-state index in [9.17, 15) is 14.4 Å². The number of imidazole rings is 1. The van der Waals surface area contributed by atoms with Crippen LogP contribution < -0.4 is 11.0 Å². The minimum Gasteiger partial charge on any atom is -0.334 e. The molecule has 1 unspecified atom stereocenters. The highest BCUT2D eigenvalue weighted by Gasteiger charge is 2.30. The molecule has 38 heavy (non-hydrogen) atoms. The summed E-state index contributed by atoms with van der Waals surface area (Å²) >= 11 is 0. The van der Waals surface area contributed by atoms with Crippen LogP contribution in [0.3, 0.4) is 0 Å². The number of hydrogen-bond donors (Lipinski definition) is 3. The number of aryl methyl sites for hydroxylation is 1. The van der Waals surface area contributed by atoms with Crippen LogP contribution in [-0.2, 0) is 16.1 Å². The number of carbonyl (C=O) groups excluding carboxylic acids is 2. The Morgan fingerprint density at radius 2 is 1.92 bits per heavy atom. The maximum Gasteiger partial charge on any atom is 0.326 e. The van der Waals surface area contributed by atoms with E-state index in [2.05, 4.69) is 34.3 Å². The van der Waals surface area contributed by atoms with Crippen LogP contribution in [0.1, 0.15) is 89.8 Å². The number of rotatable bonds is 8. The second-order valence-electron chi connectivity index (χ2n) is 11.9. The van der Waals surface area contributed by atoms with Crippen molar-refractivity contribution in [2.24, 2.45) is 11.3 Å². The Balaban J connectivity index is 1.15. The molecule has 0 radical (unpaired) electrons. The summed E-state index contributed by atoms with van der Waals surface area (Å²) in [6.45, 7) is 5.80. The maximum atomic E-state index is 13.2. The molecule has 0 bridgehead atoms. The highest BCUT2D eigenvalue weighted by molar-refractivity contribution is 5.90. The van der Waals surface area contributed by atoms with Crippen molar-refractivity contribution in [2.75, 3.05) is 11.9 Å². The summed E-state index contributed by atoms with van der Waals surface area (Å²) in [6, 6.07) is 9.41. The number of carbonyl (C=O) groups is 2. The lowest BCUT2D eigenvalue weighted by atomic mass is 9.72. The number of benzene rings is 1. The van der Waals surface area contributed by atoms with Crippen LogP contribution >= 0.6 is 0 Å². The zero-order chi connectivity index (χ0) is 26.7. The molecule has 1 saturated carbocycles. The highest BCUT2D eigenvalue weighted by atomic mass is 16.2. The molecular weight excluding hydrogens is 480 g/mol. The number of likely N-dealkylation sites (tertiary alicyclic amines) is 1. The average molecular weight is 521 g/mol. The van der Waals surface area contributed by atoms with Crippen molar-refractivity contribution in [1.82, 2.24) is 24.6 Å². The van der Waals surface area contributed by atoms with Crippen LogP contribution in [0.5, 0.6) is 0 Å². The van der Waals surface area contributed by atoms with Gasteiger partial charge in [0.05, 0.1) is 22.8 Å². The van der Waals surface area contributed by atoms with Gasteiger partial charge >= 0.3 is 5.69 Å². The van der Waals surface area contributed by atoms with E-state index >= 15 is 0 Å². The first-order valence-electron chi connectivity index (χ1n) is 14.1. The highest BCUT2D eigenvalue weighted by Crippen LogP contribution is 2.39. The third kappa shape index (κ3) is 6.03. The number of anilines is 1. The largest absolute Gasteiger partial charge is 0.334 e. The first kappa shape index (κ1) is 26.3. The lowest BCUT2D eigenvalue weighted by Crippen LogP contribution is -2.38. The monoisotopic (exact) mass is 520 g/mol. The van der Waals surface area contributed by atoms with E-state index < -0.39 is 0 Å². The molecule has 1 atom stereocenters. The number of fused-ring (bicyclic) bond motifs is 1. The predicted molar refractivity (Wildman–Crippen MR) is 148 cm³/mol. The Kier molecular flexibility index (Phi) is 7.72. The van der Waals surface area contributed by atoms with Crippen molar-refractivity contribution in [1.29, 1.82) is 0 Å². The standard InChI is InChI=1S/C29H40N6O3/c1-29(2)14-12-20(13-15-29)18-26(36)31-25-19-22(32-33-25)24-10-5-6-16-34(24)27(37)11-7-17-35-23-9-4-3-8-21(23)30-28(35)38/h3-4,8-9,19-20,24H,5-7,10-18H2,1-2H3,(H,30,38)(H2,31,32,33,36). The van der Waals surface area contributed by atoms with Gasteiger partial charge in [-0.25, -0.2) is 4.79 Å². The molecule has 2 aromatic heterocycles. The van der Waals surface area contributed by atoms with Gasteiger partial charge < -0.3 is 15.2 Å². The molecule has 3 heterocycles. The van der Waals surface area contributed by atoms with Crippen molar-refractivity contribution >= 4 is 28.7 Å². The number of aromatic amines is 2. The maximum absolute atomic E-state index is 13.2. The van der Waals surface area contributed by atoms with Crippen LogP contribution in [0.4, 0.5) is 5.82 Å². The van der Waals surface area contributed by atoms with Crippen LogP contribution in [0, 0.1) is 11.3 Å². The summed E-state index contributed by atoms with van der Waals surface area (Å²) in [5, 5.41) is 10.4. The minimum absolute atomic E-state index is 0.0110. The fraction of sp³-hybridized carbons (Fsp3) is 0.586. The lowest BCUT2D eigenvalue weighted by molar-refractivity contribution is -0.135. The van der Waals surface area contributed by atoms with Gasteiger partial charge in [0.1, 0.15) is 0 Å². The molecule has 5 rings (SSSR count). The van der Waals surface area contributed by atoms with Crippen LogP contribution in [0.15, 0.2) is 35.1 Å². The van der Waals surface area contributed by atoms with E-state index in [0.29, 0.717) is 49.5 Å². The van der Waals surface area contributed by atoms with Crippen molar-refractivity contribution in [3.63, 3.8) is 0 Å². The van der Waals surface area contributed by atoms with E-state index in [1.54, 1.807) is 4.57 Å². The molecule has 3 N–H and O–H groups in total. The number of hydrogen-bond acceptors (Lipinski definition) is 4. The Hall–Kier alpha value is -3.36. The molecule has 2 amide bonds. The van der Waals surface area contributed by atoms with Gasteiger partial charge in [-0.05, 0) is 74.8 Å². The minimum atomic E-state index is -0.145. The fourth-order valence-corrected chi connectivity index (χ4v) is 6.10. The zero-order valence-corrected chi connectivity index (χ0v) is 22.6. The van der Waals surface area contributed by atoms with Gasteiger partial charge in [0, 0.05) is 32.0 Å². The smallest absolute Gasteiger partial charge is 0.326 e. The number of aromatic nitrogens is 4. The zero-order valence-electron chi connectivity index (χ0n) is 22.6. The van der Waals surface area contributed by atoms with E-state index in [1.807, 2.05) is 35.2 Å². The first-order valence-corrected chi connectivity index (χ1v) is 14.1. The summed E-state index contributed by atoms with van der Waals surface area (Å²) in [5.41, 5.74) is 2.78. The summed E-state index contributed by atoms with van der Waals surface area (Å²) in [4.78, 5) is 43.0. The number of H-pyrrole nitrogens is 2. The average Bonchev–Trinajstić information content (AvgIpc) is 3.49. The number of amides is 2. The Morgan fingerprint density at radius 1 is 1.13 bits per heavy atom. The lowest BCUT2D eigenvalue weighted by Gasteiger charge is -2.35. The molecule has 0 spiro atoms. The molecule has 2 fully saturated rings. The predicted octanol–water partition coefficient (Wildman–Crippen LogP) is 5.13. The molecule has 2 aliphatic rings. The summed E-state index contributed by atoms with van der Waals surface area (Å²) in [5.74, 6) is 1.06. The van der Waals surface area contributed by atoms with Crippen LogP contribution in [0.2, 0.25) is 0 Å². The molecule has 1 aliphatic heterocycles. The molecule has 1 saturated heterocycles. The summed E-state index contributed by atoms with van der Waals surface area (Å²) in [7, 11) is 0. The molecule has 9 heteroatoms. The number of piperidine rings is 1. The summed E-state index contributed by atoms with van der Waals surface area (Å²) in [6.07, 6.45) is 8.90. The number of nitrogens with zero attached hydrogens (tertiary/aromatic N) is 3.